The van der Waals surface area contributed by atoms with E-state index in [1.165, 1.54) is 7.11 Å². The van der Waals surface area contributed by atoms with Crippen molar-refractivity contribution in [2.75, 3.05) is 12.4 Å². The van der Waals surface area contributed by atoms with E-state index in [1.807, 2.05) is 13.0 Å². The molecule has 2 N–H and O–H groups in total. The molecule has 0 fully saturated rings. The molecule has 18 heavy (non-hydrogen) atoms. The summed E-state index contributed by atoms with van der Waals surface area (Å²) < 4.78 is 5.14. The van der Waals surface area contributed by atoms with Crippen molar-refractivity contribution in [3.63, 3.8) is 0 Å². The zero-order valence-corrected chi connectivity index (χ0v) is 10.4. The van der Waals surface area contributed by atoms with Crippen molar-refractivity contribution in [1.82, 2.24) is 0 Å². The van der Waals surface area contributed by atoms with Crippen LogP contribution in [0.3, 0.4) is 0 Å². The second-order valence-electron chi connectivity index (χ2n) is 3.82. The SMILES string of the molecule is CCCC(Nc1c(C#N)cccc1OC)C(=O)O. The van der Waals surface area contributed by atoms with E-state index in [0.29, 0.717) is 23.4 Å². The number of para-hydroxylation sites is 1. The second-order valence-corrected chi connectivity index (χ2v) is 3.82. The normalized spacial score (nSPS) is 11.4. The first-order valence-corrected chi connectivity index (χ1v) is 5.70. The number of aliphatic carboxylic acids is 1. The largest absolute Gasteiger partial charge is 0.495 e. The van der Waals surface area contributed by atoms with Gasteiger partial charge in [0.05, 0.1) is 18.4 Å². The highest BCUT2D eigenvalue weighted by molar-refractivity contribution is 5.79. The van der Waals surface area contributed by atoms with Gasteiger partial charge in [0.2, 0.25) is 0 Å². The maximum atomic E-state index is 11.1. The summed E-state index contributed by atoms with van der Waals surface area (Å²) in [6, 6.07) is 6.30. The number of carboxylic acid groups (broad SMARTS) is 1. The molecule has 1 aromatic rings. The first kappa shape index (κ1) is 13.8. The average Bonchev–Trinajstić information content (AvgIpc) is 2.38. The van der Waals surface area contributed by atoms with Crippen molar-refractivity contribution in [1.29, 1.82) is 5.26 Å². The van der Waals surface area contributed by atoms with Gasteiger partial charge in [0.15, 0.2) is 0 Å². The topological polar surface area (TPSA) is 82.3 Å². The van der Waals surface area contributed by atoms with Crippen molar-refractivity contribution >= 4 is 11.7 Å². The number of nitrogens with zero attached hydrogens (tertiary/aromatic N) is 1. The quantitative estimate of drug-likeness (QED) is 0.806. The smallest absolute Gasteiger partial charge is 0.326 e. The Hall–Kier alpha value is -2.22. The van der Waals surface area contributed by atoms with Crippen molar-refractivity contribution in [3.8, 4) is 11.8 Å². The Balaban J connectivity index is 3.08. The first-order valence-electron chi connectivity index (χ1n) is 5.70. The summed E-state index contributed by atoms with van der Waals surface area (Å²) in [6.07, 6.45) is 1.22. The minimum Gasteiger partial charge on any atom is -0.495 e. The number of rotatable bonds is 6. The lowest BCUT2D eigenvalue weighted by atomic mass is 10.1. The number of nitrogens with one attached hydrogen (secondary N) is 1. The lowest BCUT2D eigenvalue weighted by Crippen LogP contribution is -2.29. The predicted molar refractivity (Wildman–Crippen MR) is 67.7 cm³/mol. The number of anilines is 1. The summed E-state index contributed by atoms with van der Waals surface area (Å²) in [7, 11) is 1.48. The van der Waals surface area contributed by atoms with Gasteiger partial charge in [-0.3, -0.25) is 0 Å². The number of ether oxygens (including phenoxy) is 1. The summed E-state index contributed by atoms with van der Waals surface area (Å²) in [5, 5.41) is 21.0. The third kappa shape index (κ3) is 3.14. The number of methoxy groups -OCH3 is 1. The van der Waals surface area contributed by atoms with Crippen molar-refractivity contribution < 1.29 is 14.6 Å². The minimum atomic E-state index is -0.938. The molecule has 1 atom stereocenters. The Morgan fingerprint density at radius 2 is 2.33 bits per heavy atom. The Kier molecular flexibility index (Phi) is 5.00. The number of nitriles is 1. The van der Waals surface area contributed by atoms with Crippen LogP contribution in [0.2, 0.25) is 0 Å². The van der Waals surface area contributed by atoms with E-state index < -0.39 is 12.0 Å². The summed E-state index contributed by atoms with van der Waals surface area (Å²) in [5.74, 6) is -0.469. The van der Waals surface area contributed by atoms with Crippen LogP contribution in [-0.2, 0) is 4.79 Å². The number of hydrogen-bond donors (Lipinski definition) is 2. The van der Waals surface area contributed by atoms with E-state index in [4.69, 9.17) is 15.1 Å². The van der Waals surface area contributed by atoms with Gasteiger partial charge in [0, 0.05) is 0 Å². The molecule has 0 aliphatic rings. The molecule has 5 heteroatoms. The molecule has 0 amide bonds. The molecule has 1 rings (SSSR count). The van der Waals surface area contributed by atoms with Crippen LogP contribution in [0.4, 0.5) is 5.69 Å². The number of carboxylic acids is 1. The Morgan fingerprint density at radius 1 is 1.61 bits per heavy atom. The van der Waals surface area contributed by atoms with E-state index in [2.05, 4.69) is 5.32 Å². The molecule has 96 valence electrons. The zero-order valence-electron chi connectivity index (χ0n) is 10.4. The van der Waals surface area contributed by atoms with E-state index in [-0.39, 0.29) is 0 Å². The van der Waals surface area contributed by atoms with Gasteiger partial charge in [-0.05, 0) is 18.6 Å². The molecule has 0 saturated carbocycles. The predicted octanol–water partition coefficient (Wildman–Crippen LogP) is 2.23. The Bertz CT molecular complexity index is 466. The van der Waals surface area contributed by atoms with Crippen molar-refractivity contribution in [2.24, 2.45) is 0 Å². The van der Waals surface area contributed by atoms with Gasteiger partial charge >= 0.3 is 5.97 Å². The lowest BCUT2D eigenvalue weighted by Gasteiger charge is -2.18. The van der Waals surface area contributed by atoms with Gasteiger partial charge in [-0.25, -0.2) is 4.79 Å². The summed E-state index contributed by atoms with van der Waals surface area (Å²) in [6.45, 7) is 1.91. The molecule has 0 heterocycles. The van der Waals surface area contributed by atoms with Crippen LogP contribution >= 0.6 is 0 Å². The monoisotopic (exact) mass is 248 g/mol. The van der Waals surface area contributed by atoms with Gasteiger partial charge in [-0.15, -0.1) is 0 Å². The fraction of sp³-hybridized carbons (Fsp3) is 0.385. The highest BCUT2D eigenvalue weighted by Crippen LogP contribution is 2.29. The summed E-state index contributed by atoms with van der Waals surface area (Å²) in [5.41, 5.74) is 0.806. The van der Waals surface area contributed by atoms with E-state index in [0.717, 1.165) is 6.42 Å². The molecular weight excluding hydrogens is 232 g/mol. The molecule has 5 nitrogen and oxygen atoms in total. The average molecular weight is 248 g/mol. The molecule has 0 aliphatic carbocycles. The van der Waals surface area contributed by atoms with Crippen LogP contribution in [-0.4, -0.2) is 24.2 Å². The highest BCUT2D eigenvalue weighted by atomic mass is 16.5. The summed E-state index contributed by atoms with van der Waals surface area (Å²) in [4.78, 5) is 11.1. The van der Waals surface area contributed by atoms with Crippen LogP contribution < -0.4 is 10.1 Å². The van der Waals surface area contributed by atoms with E-state index in [9.17, 15) is 4.79 Å². The molecule has 0 radical (unpaired) electrons. The third-order valence-corrected chi connectivity index (χ3v) is 2.56. The molecule has 0 saturated heterocycles. The third-order valence-electron chi connectivity index (χ3n) is 2.56. The van der Waals surface area contributed by atoms with Crippen molar-refractivity contribution in [2.45, 2.75) is 25.8 Å². The van der Waals surface area contributed by atoms with Gasteiger partial charge in [-0.1, -0.05) is 19.4 Å². The zero-order chi connectivity index (χ0) is 13.5. The molecule has 0 bridgehead atoms. The van der Waals surface area contributed by atoms with Gasteiger partial charge < -0.3 is 15.2 Å². The van der Waals surface area contributed by atoms with Crippen LogP contribution in [0.5, 0.6) is 5.75 Å². The van der Waals surface area contributed by atoms with Crippen LogP contribution in [0.1, 0.15) is 25.3 Å². The molecule has 0 spiro atoms. The van der Waals surface area contributed by atoms with Gasteiger partial charge in [-0.2, -0.15) is 5.26 Å². The van der Waals surface area contributed by atoms with Gasteiger partial charge in [0.25, 0.3) is 0 Å². The lowest BCUT2D eigenvalue weighted by molar-refractivity contribution is -0.138. The molecule has 1 unspecified atom stereocenters. The Morgan fingerprint density at radius 3 is 2.83 bits per heavy atom. The number of hydrogen-bond acceptors (Lipinski definition) is 4. The fourth-order valence-corrected chi connectivity index (χ4v) is 1.66. The fourth-order valence-electron chi connectivity index (χ4n) is 1.66. The van der Waals surface area contributed by atoms with Crippen LogP contribution in [0.15, 0.2) is 18.2 Å². The molecule has 0 aliphatic heterocycles. The second kappa shape index (κ2) is 6.50. The number of carbonyl (C=O) groups is 1. The highest BCUT2D eigenvalue weighted by Gasteiger charge is 2.19. The Labute approximate surface area is 106 Å². The molecule has 0 aromatic heterocycles. The van der Waals surface area contributed by atoms with Crippen LogP contribution in [0.25, 0.3) is 0 Å². The maximum absolute atomic E-state index is 11.1. The molecule has 1 aromatic carbocycles. The van der Waals surface area contributed by atoms with E-state index in [1.54, 1.807) is 18.2 Å². The number of benzene rings is 1. The first-order chi connectivity index (χ1) is 8.63. The summed E-state index contributed by atoms with van der Waals surface area (Å²) >= 11 is 0. The van der Waals surface area contributed by atoms with E-state index >= 15 is 0 Å². The van der Waals surface area contributed by atoms with Crippen LogP contribution in [0, 0.1) is 11.3 Å². The van der Waals surface area contributed by atoms with Gasteiger partial charge in [0.1, 0.15) is 17.9 Å². The van der Waals surface area contributed by atoms with Crippen molar-refractivity contribution in [3.05, 3.63) is 23.8 Å². The standard InChI is InChI=1S/C13H16N2O3/c1-3-5-10(13(16)17)15-12-9(8-14)6-4-7-11(12)18-2/h4,6-7,10,15H,3,5H2,1-2H3,(H,16,17). The molecular formula is C13H16N2O3. The minimum absolute atomic E-state index is 0.372. The maximum Gasteiger partial charge on any atom is 0.326 e.